The molecule has 3 rings (SSSR count). The molecule has 2 heterocycles. The van der Waals surface area contributed by atoms with Crippen molar-refractivity contribution in [1.82, 2.24) is 20.3 Å². The Morgan fingerprint density at radius 2 is 2.00 bits per heavy atom. The minimum atomic E-state index is -0.537. The van der Waals surface area contributed by atoms with Gasteiger partial charge in [0, 0.05) is 45.4 Å². The van der Waals surface area contributed by atoms with Crippen LogP contribution < -0.4 is 21.5 Å². The van der Waals surface area contributed by atoms with Crippen molar-refractivity contribution in [3.8, 4) is 0 Å². The van der Waals surface area contributed by atoms with Crippen LogP contribution in [0.3, 0.4) is 0 Å². The fourth-order valence-electron chi connectivity index (χ4n) is 4.07. The van der Waals surface area contributed by atoms with Crippen LogP contribution in [0.15, 0.2) is 30.3 Å². The number of amides is 1. The summed E-state index contributed by atoms with van der Waals surface area (Å²) in [5, 5.41) is 19.6. The third-order valence-electron chi connectivity index (χ3n) is 5.54. The summed E-state index contributed by atoms with van der Waals surface area (Å²) in [6.07, 6.45) is 6.19. The second-order valence-corrected chi connectivity index (χ2v) is 7.23. The first kappa shape index (κ1) is 21.7. The van der Waals surface area contributed by atoms with E-state index in [1.165, 1.54) is 23.6 Å². The molecule has 0 aliphatic carbocycles. The molecular weight excluding hydrogens is 382 g/mol. The molecule has 0 unspecified atom stereocenters. The molecule has 1 aliphatic rings. The number of carbonyl (C=O) groups is 1. The maximum Gasteiger partial charge on any atom is 0.267 e. The van der Waals surface area contributed by atoms with Crippen LogP contribution in [-0.2, 0) is 11.2 Å². The number of hydrogen-bond donors (Lipinski definition) is 5. The molecule has 1 amide bonds. The summed E-state index contributed by atoms with van der Waals surface area (Å²) >= 11 is 0. The lowest BCUT2D eigenvalue weighted by Gasteiger charge is -2.25. The fraction of sp³-hybridized carbons (Fsp3) is 0.429. The Labute approximate surface area is 177 Å². The number of hydroxylamine groups is 1. The molecule has 162 valence electrons. The number of likely N-dealkylation sites (tertiary alicyclic amines) is 1. The van der Waals surface area contributed by atoms with Crippen LogP contribution in [0.4, 0.5) is 11.6 Å². The molecule has 30 heavy (non-hydrogen) atoms. The Hall–Kier alpha value is -3.04. The monoisotopic (exact) mass is 413 g/mol. The van der Waals surface area contributed by atoms with Crippen LogP contribution in [0.5, 0.6) is 0 Å². The van der Waals surface area contributed by atoms with E-state index in [-0.39, 0.29) is 0 Å². The quantitative estimate of drug-likeness (QED) is 0.243. The Bertz CT molecular complexity index is 876. The van der Waals surface area contributed by atoms with E-state index in [1.54, 1.807) is 16.3 Å². The Kier molecular flexibility index (Phi) is 7.31. The highest BCUT2D eigenvalue weighted by atomic mass is 16.5. The van der Waals surface area contributed by atoms with Crippen molar-refractivity contribution in [1.29, 1.82) is 0 Å². The first-order chi connectivity index (χ1) is 14.6. The van der Waals surface area contributed by atoms with Crippen LogP contribution >= 0.6 is 0 Å². The van der Waals surface area contributed by atoms with Crippen molar-refractivity contribution in [3.63, 3.8) is 0 Å². The van der Waals surface area contributed by atoms with Crippen LogP contribution in [0.25, 0.3) is 6.08 Å². The number of nitrogens with one attached hydrogen (secondary N) is 4. The van der Waals surface area contributed by atoms with Gasteiger partial charge in [-0.3, -0.25) is 14.9 Å². The van der Waals surface area contributed by atoms with Crippen molar-refractivity contribution < 1.29 is 10.0 Å². The minimum Gasteiger partial charge on any atom is -0.371 e. The Balaban J connectivity index is 1.69. The molecule has 0 spiro atoms. The zero-order valence-electron chi connectivity index (χ0n) is 17.8. The molecular formula is C21H31N7O2. The molecule has 5 N–H and O–H groups in total. The number of hydrogen-bond acceptors (Lipinski definition) is 7. The van der Waals surface area contributed by atoms with Gasteiger partial charge in [-0.1, -0.05) is 24.3 Å². The maximum atomic E-state index is 11.1. The molecule has 9 nitrogen and oxygen atoms in total. The standard InChI is InChI=1S/C21H31N7O2/c1-22-20-17(21(23-2)28(24-3)25-20)12-14-27-13-4-5-18(27)16-9-6-15(7-10-16)8-11-19(29)26-30/h6-11,18,23-24,30H,4-5,12-14H2,1-3H3,(H,22,25)(H,26,29)/b11-8+/t18-/m1/s1. The minimum absolute atomic E-state index is 0.388. The second kappa shape index (κ2) is 10.1. The number of benzene rings is 1. The second-order valence-electron chi connectivity index (χ2n) is 7.23. The predicted octanol–water partition coefficient (Wildman–Crippen LogP) is 2.04. The van der Waals surface area contributed by atoms with E-state index >= 15 is 0 Å². The van der Waals surface area contributed by atoms with Gasteiger partial charge in [-0.2, -0.15) is 4.79 Å². The van der Waals surface area contributed by atoms with Gasteiger partial charge in [-0.25, -0.2) is 5.48 Å². The number of anilines is 2. The molecule has 0 saturated carbocycles. The summed E-state index contributed by atoms with van der Waals surface area (Å²) in [5.41, 5.74) is 8.04. The highest BCUT2D eigenvalue weighted by Crippen LogP contribution is 2.33. The van der Waals surface area contributed by atoms with Crippen molar-refractivity contribution >= 4 is 23.6 Å². The fourth-order valence-corrected chi connectivity index (χ4v) is 4.07. The number of rotatable bonds is 9. The average Bonchev–Trinajstić information content (AvgIpc) is 3.39. The summed E-state index contributed by atoms with van der Waals surface area (Å²) in [6.45, 7) is 2.02. The lowest BCUT2D eigenvalue weighted by molar-refractivity contribution is -0.124. The normalized spacial score (nSPS) is 16.7. The summed E-state index contributed by atoms with van der Waals surface area (Å²) in [6, 6.07) is 8.64. The van der Waals surface area contributed by atoms with Gasteiger partial charge in [0.2, 0.25) is 0 Å². The maximum absolute atomic E-state index is 11.1. The molecule has 1 aromatic carbocycles. The van der Waals surface area contributed by atoms with Crippen LogP contribution in [0.1, 0.15) is 35.6 Å². The van der Waals surface area contributed by atoms with Crippen molar-refractivity contribution in [3.05, 3.63) is 47.0 Å². The van der Waals surface area contributed by atoms with Gasteiger partial charge in [0.25, 0.3) is 5.91 Å². The van der Waals surface area contributed by atoms with Gasteiger partial charge in [0.15, 0.2) is 11.6 Å². The number of nitrogens with zero attached hydrogens (tertiary/aromatic N) is 3. The summed E-state index contributed by atoms with van der Waals surface area (Å²) in [5.74, 6) is 1.32. The van der Waals surface area contributed by atoms with E-state index < -0.39 is 5.91 Å². The van der Waals surface area contributed by atoms with E-state index in [9.17, 15) is 4.79 Å². The van der Waals surface area contributed by atoms with Crippen molar-refractivity contribution in [2.75, 3.05) is 50.3 Å². The molecule has 1 fully saturated rings. The molecule has 1 aliphatic heterocycles. The topological polar surface area (TPSA) is 106 Å². The van der Waals surface area contributed by atoms with E-state index in [0.29, 0.717) is 6.04 Å². The lowest BCUT2D eigenvalue weighted by atomic mass is 10.0. The van der Waals surface area contributed by atoms with Gasteiger partial charge >= 0.3 is 0 Å². The van der Waals surface area contributed by atoms with E-state index in [0.717, 1.165) is 43.1 Å². The van der Waals surface area contributed by atoms with Crippen LogP contribution in [0, 0.1) is 0 Å². The van der Waals surface area contributed by atoms with Crippen molar-refractivity contribution in [2.45, 2.75) is 25.3 Å². The SMILES string of the molecule is CNc1nn(NC)c(NC)c1CCN1CCC[C@@H]1c1ccc(/C=C/C(=O)NO)cc1. The zero-order valence-corrected chi connectivity index (χ0v) is 17.8. The lowest BCUT2D eigenvalue weighted by Crippen LogP contribution is -2.26. The Morgan fingerprint density at radius 3 is 2.63 bits per heavy atom. The molecule has 1 saturated heterocycles. The summed E-state index contributed by atoms with van der Waals surface area (Å²) in [4.78, 5) is 15.4. The molecule has 0 radical (unpaired) electrons. The highest BCUT2D eigenvalue weighted by molar-refractivity contribution is 5.90. The third kappa shape index (κ3) is 4.74. The third-order valence-corrected chi connectivity index (χ3v) is 5.54. The first-order valence-corrected chi connectivity index (χ1v) is 10.2. The highest BCUT2D eigenvalue weighted by Gasteiger charge is 2.26. The van der Waals surface area contributed by atoms with E-state index in [4.69, 9.17) is 5.21 Å². The molecule has 9 heteroatoms. The van der Waals surface area contributed by atoms with E-state index in [2.05, 4.69) is 38.2 Å². The largest absolute Gasteiger partial charge is 0.371 e. The number of carbonyl (C=O) groups excluding carboxylic acids is 1. The van der Waals surface area contributed by atoms with Crippen LogP contribution in [-0.4, -0.2) is 60.1 Å². The molecule has 0 bridgehead atoms. The van der Waals surface area contributed by atoms with Gasteiger partial charge < -0.3 is 16.1 Å². The van der Waals surface area contributed by atoms with Gasteiger partial charge in [-0.15, -0.1) is 5.10 Å². The average molecular weight is 414 g/mol. The molecule has 1 atom stereocenters. The summed E-state index contributed by atoms with van der Waals surface area (Å²) in [7, 11) is 5.65. The van der Waals surface area contributed by atoms with Crippen LogP contribution in [0.2, 0.25) is 0 Å². The van der Waals surface area contributed by atoms with Crippen molar-refractivity contribution in [2.24, 2.45) is 0 Å². The van der Waals surface area contributed by atoms with Gasteiger partial charge in [-0.05, 0) is 43.0 Å². The number of aromatic nitrogens is 2. The van der Waals surface area contributed by atoms with Gasteiger partial charge in [0.1, 0.15) is 0 Å². The smallest absolute Gasteiger partial charge is 0.267 e. The Morgan fingerprint density at radius 1 is 1.23 bits per heavy atom. The zero-order chi connectivity index (χ0) is 21.5. The molecule has 1 aromatic heterocycles. The molecule has 2 aromatic rings. The van der Waals surface area contributed by atoms with E-state index in [1.807, 2.05) is 33.3 Å². The first-order valence-electron chi connectivity index (χ1n) is 10.2. The predicted molar refractivity (Wildman–Crippen MR) is 119 cm³/mol. The van der Waals surface area contributed by atoms with Gasteiger partial charge in [0.05, 0.1) is 0 Å². The summed E-state index contributed by atoms with van der Waals surface area (Å²) < 4.78 is 0.